The molecule has 128 valence electrons. The van der Waals surface area contributed by atoms with Crippen molar-refractivity contribution in [1.82, 2.24) is 10.9 Å². The third kappa shape index (κ3) is 7.68. The van der Waals surface area contributed by atoms with Crippen molar-refractivity contribution >= 4 is 11.8 Å². The van der Waals surface area contributed by atoms with Gasteiger partial charge in [-0.25, -0.2) is 0 Å². The van der Waals surface area contributed by atoms with Crippen molar-refractivity contribution in [2.45, 2.75) is 58.8 Å². The van der Waals surface area contributed by atoms with Crippen LogP contribution in [-0.2, 0) is 9.59 Å². The number of ether oxygens (including phenoxy) is 1. The minimum Gasteiger partial charge on any atom is -0.484 e. The van der Waals surface area contributed by atoms with Crippen molar-refractivity contribution in [3.63, 3.8) is 0 Å². The molecule has 2 amide bonds. The molecule has 5 heteroatoms. The maximum atomic E-state index is 11.6. The maximum Gasteiger partial charge on any atom is 0.276 e. The second-order valence-corrected chi connectivity index (χ2v) is 5.72. The minimum atomic E-state index is -0.375. The second kappa shape index (κ2) is 10.6. The fourth-order valence-corrected chi connectivity index (χ4v) is 2.05. The third-order valence-corrected chi connectivity index (χ3v) is 3.78. The van der Waals surface area contributed by atoms with Gasteiger partial charge in [-0.05, 0) is 36.5 Å². The van der Waals surface area contributed by atoms with Gasteiger partial charge >= 0.3 is 0 Å². The van der Waals surface area contributed by atoms with E-state index < -0.39 is 0 Å². The van der Waals surface area contributed by atoms with Crippen LogP contribution in [0.5, 0.6) is 5.75 Å². The standard InChI is InChI=1S/C18H28N2O3/c1-4-6-7-8-17(21)19-20-18(22)13-23-16-11-9-15(10-12-16)14(3)5-2/h9-12,14H,4-8,13H2,1-3H3,(H,19,21)(H,20,22). The Balaban J connectivity index is 2.26. The molecule has 0 heterocycles. The van der Waals surface area contributed by atoms with E-state index in [4.69, 9.17) is 4.74 Å². The lowest BCUT2D eigenvalue weighted by molar-refractivity contribution is -0.130. The van der Waals surface area contributed by atoms with Crippen LogP contribution in [0.2, 0.25) is 0 Å². The van der Waals surface area contributed by atoms with Crippen LogP contribution in [-0.4, -0.2) is 18.4 Å². The zero-order chi connectivity index (χ0) is 17.1. The van der Waals surface area contributed by atoms with E-state index in [9.17, 15) is 9.59 Å². The first-order valence-corrected chi connectivity index (χ1v) is 8.37. The lowest BCUT2D eigenvalue weighted by Crippen LogP contribution is -2.43. The van der Waals surface area contributed by atoms with Crippen molar-refractivity contribution < 1.29 is 14.3 Å². The van der Waals surface area contributed by atoms with Crippen LogP contribution in [0.25, 0.3) is 0 Å². The van der Waals surface area contributed by atoms with Crippen LogP contribution >= 0.6 is 0 Å². The van der Waals surface area contributed by atoms with Crippen molar-refractivity contribution in [2.24, 2.45) is 0 Å². The minimum absolute atomic E-state index is 0.127. The highest BCUT2D eigenvalue weighted by molar-refractivity contribution is 5.82. The van der Waals surface area contributed by atoms with Crippen LogP contribution < -0.4 is 15.6 Å². The number of rotatable bonds is 9. The molecule has 0 aliphatic heterocycles. The van der Waals surface area contributed by atoms with Crippen LogP contribution in [0, 0.1) is 0 Å². The molecular weight excluding hydrogens is 292 g/mol. The van der Waals surface area contributed by atoms with Crippen LogP contribution in [0.3, 0.4) is 0 Å². The summed E-state index contributed by atoms with van der Waals surface area (Å²) < 4.78 is 5.40. The van der Waals surface area contributed by atoms with Gasteiger partial charge in [0.15, 0.2) is 6.61 Å². The highest BCUT2D eigenvalue weighted by Gasteiger charge is 2.06. The highest BCUT2D eigenvalue weighted by atomic mass is 16.5. The monoisotopic (exact) mass is 320 g/mol. The number of amides is 2. The molecule has 1 rings (SSSR count). The summed E-state index contributed by atoms with van der Waals surface area (Å²) in [5, 5.41) is 0. The van der Waals surface area contributed by atoms with E-state index in [1.165, 1.54) is 5.56 Å². The Hall–Kier alpha value is -2.04. The molecule has 23 heavy (non-hydrogen) atoms. The largest absolute Gasteiger partial charge is 0.484 e. The summed E-state index contributed by atoms with van der Waals surface area (Å²) in [6.07, 6.45) is 4.41. The van der Waals surface area contributed by atoms with E-state index in [1.54, 1.807) is 0 Å². The average Bonchev–Trinajstić information content (AvgIpc) is 2.58. The number of nitrogens with one attached hydrogen (secondary N) is 2. The summed E-state index contributed by atoms with van der Waals surface area (Å²) in [6.45, 7) is 6.27. The fraction of sp³-hybridized carbons (Fsp3) is 0.556. The van der Waals surface area contributed by atoms with Gasteiger partial charge in [-0.2, -0.15) is 0 Å². The number of hydrogen-bond donors (Lipinski definition) is 2. The summed E-state index contributed by atoms with van der Waals surface area (Å²) in [4.78, 5) is 23.1. The van der Waals surface area contributed by atoms with Gasteiger partial charge in [-0.1, -0.05) is 45.7 Å². The van der Waals surface area contributed by atoms with Crippen LogP contribution in [0.1, 0.15) is 64.4 Å². The molecular formula is C18H28N2O3. The number of hydrazine groups is 1. The predicted octanol–water partition coefficient (Wildman–Crippen LogP) is 3.31. The molecule has 1 atom stereocenters. The molecule has 0 spiro atoms. The average molecular weight is 320 g/mol. The Morgan fingerprint density at radius 1 is 1.04 bits per heavy atom. The summed E-state index contributed by atoms with van der Waals surface area (Å²) >= 11 is 0. The second-order valence-electron chi connectivity index (χ2n) is 5.72. The SMILES string of the molecule is CCCCCC(=O)NNC(=O)COc1ccc(C(C)CC)cc1. The van der Waals surface area contributed by atoms with Gasteiger partial charge in [0.05, 0.1) is 0 Å². The Kier molecular flexibility index (Phi) is 8.80. The van der Waals surface area contributed by atoms with Gasteiger partial charge in [0.25, 0.3) is 5.91 Å². The lowest BCUT2D eigenvalue weighted by atomic mass is 9.99. The van der Waals surface area contributed by atoms with Crippen LogP contribution in [0.4, 0.5) is 0 Å². The van der Waals surface area contributed by atoms with Crippen molar-refractivity contribution in [2.75, 3.05) is 6.61 Å². The molecule has 0 saturated heterocycles. The van der Waals surface area contributed by atoms with Crippen molar-refractivity contribution in [3.8, 4) is 5.75 Å². The van der Waals surface area contributed by atoms with Crippen molar-refractivity contribution in [3.05, 3.63) is 29.8 Å². The van der Waals surface area contributed by atoms with E-state index >= 15 is 0 Å². The molecule has 2 N–H and O–H groups in total. The van der Waals surface area contributed by atoms with Crippen LogP contribution in [0.15, 0.2) is 24.3 Å². The zero-order valence-corrected chi connectivity index (χ0v) is 14.4. The Bertz CT molecular complexity index is 486. The topological polar surface area (TPSA) is 67.4 Å². The van der Waals surface area contributed by atoms with Gasteiger partial charge in [0, 0.05) is 6.42 Å². The first kappa shape index (κ1) is 19.0. The summed E-state index contributed by atoms with van der Waals surface area (Å²) in [6, 6.07) is 7.74. The van der Waals surface area contributed by atoms with E-state index in [2.05, 4.69) is 31.6 Å². The predicted molar refractivity (Wildman–Crippen MR) is 91.1 cm³/mol. The number of unbranched alkanes of at least 4 members (excludes halogenated alkanes) is 2. The number of benzene rings is 1. The normalized spacial score (nSPS) is 11.6. The molecule has 0 aromatic heterocycles. The van der Waals surface area contributed by atoms with Gasteiger partial charge in [0.2, 0.25) is 5.91 Å². The highest BCUT2D eigenvalue weighted by Crippen LogP contribution is 2.21. The third-order valence-electron chi connectivity index (χ3n) is 3.78. The first-order valence-electron chi connectivity index (χ1n) is 8.37. The quantitative estimate of drug-likeness (QED) is 0.542. The van der Waals surface area contributed by atoms with E-state index in [1.807, 2.05) is 24.3 Å². The molecule has 0 aliphatic carbocycles. The molecule has 0 radical (unpaired) electrons. The molecule has 5 nitrogen and oxygen atoms in total. The molecule has 0 saturated carbocycles. The van der Waals surface area contributed by atoms with E-state index in [0.29, 0.717) is 18.1 Å². The first-order chi connectivity index (χ1) is 11.1. The van der Waals surface area contributed by atoms with Gasteiger partial charge in [-0.3, -0.25) is 20.4 Å². The molecule has 1 aromatic rings. The van der Waals surface area contributed by atoms with Gasteiger partial charge < -0.3 is 4.74 Å². The smallest absolute Gasteiger partial charge is 0.276 e. The molecule has 0 bridgehead atoms. The summed E-state index contributed by atoms with van der Waals surface area (Å²) in [5.41, 5.74) is 6.00. The number of hydrogen-bond acceptors (Lipinski definition) is 3. The Labute approximate surface area is 138 Å². The molecule has 0 aliphatic rings. The van der Waals surface area contributed by atoms with Gasteiger partial charge in [-0.15, -0.1) is 0 Å². The number of carbonyl (C=O) groups excluding carboxylic acids is 2. The summed E-state index contributed by atoms with van der Waals surface area (Å²) in [7, 11) is 0. The Morgan fingerprint density at radius 2 is 1.70 bits per heavy atom. The van der Waals surface area contributed by atoms with Crippen molar-refractivity contribution in [1.29, 1.82) is 0 Å². The van der Waals surface area contributed by atoms with E-state index in [-0.39, 0.29) is 18.4 Å². The molecule has 1 unspecified atom stereocenters. The zero-order valence-electron chi connectivity index (χ0n) is 14.4. The van der Waals surface area contributed by atoms with E-state index in [0.717, 1.165) is 25.7 Å². The fourth-order valence-electron chi connectivity index (χ4n) is 2.05. The summed E-state index contributed by atoms with van der Waals surface area (Å²) in [5.74, 6) is 0.598. The Morgan fingerprint density at radius 3 is 2.30 bits per heavy atom. The molecule has 1 aromatic carbocycles. The lowest BCUT2D eigenvalue weighted by Gasteiger charge is -2.11. The number of carbonyl (C=O) groups is 2. The van der Waals surface area contributed by atoms with Gasteiger partial charge in [0.1, 0.15) is 5.75 Å². The molecule has 0 fully saturated rings. The maximum absolute atomic E-state index is 11.6.